The molecule has 204 valence electrons. The Morgan fingerprint density at radius 2 is 1.74 bits per heavy atom. The second-order valence-electron chi connectivity index (χ2n) is 9.30. The van der Waals surface area contributed by atoms with Crippen LogP contribution in [0, 0.1) is 0 Å². The van der Waals surface area contributed by atoms with Gasteiger partial charge in [-0.15, -0.1) is 0 Å². The minimum absolute atomic E-state index is 0.336. The van der Waals surface area contributed by atoms with Gasteiger partial charge in [-0.3, -0.25) is 28.7 Å². The van der Waals surface area contributed by atoms with Crippen molar-refractivity contribution in [3.05, 3.63) is 115 Å². The second-order valence-corrected chi connectivity index (χ2v) is 9.30. The van der Waals surface area contributed by atoms with Crippen LogP contribution in [0.3, 0.4) is 0 Å². The number of aromatic nitrogens is 10. The van der Waals surface area contributed by atoms with Crippen LogP contribution in [-0.4, -0.2) is 54.8 Å². The number of hydrogen-bond donors (Lipinski definition) is 1. The highest BCUT2D eigenvalue weighted by Crippen LogP contribution is 2.29. The van der Waals surface area contributed by atoms with Gasteiger partial charge in [0.05, 0.1) is 11.2 Å². The van der Waals surface area contributed by atoms with Crippen molar-refractivity contribution in [1.82, 2.24) is 48.6 Å². The fourth-order valence-corrected chi connectivity index (χ4v) is 4.89. The van der Waals surface area contributed by atoms with Gasteiger partial charge in [0.2, 0.25) is 17.8 Å². The first-order chi connectivity index (χ1) is 20.7. The van der Waals surface area contributed by atoms with Gasteiger partial charge in [0.15, 0.2) is 11.6 Å². The van der Waals surface area contributed by atoms with Gasteiger partial charge < -0.3 is 5.73 Å². The summed E-state index contributed by atoms with van der Waals surface area (Å²) in [5, 5.41) is 0.946. The average molecular weight is 553 g/mol. The average Bonchev–Trinajstić information content (AvgIpc) is 3.75. The van der Waals surface area contributed by atoms with Crippen LogP contribution in [0.4, 0.5) is 0 Å². The molecule has 1 aliphatic heterocycles. The Hall–Kier alpha value is -6.04. The van der Waals surface area contributed by atoms with E-state index in [2.05, 4.69) is 24.9 Å². The van der Waals surface area contributed by atoms with Crippen molar-refractivity contribution in [1.29, 1.82) is 0 Å². The highest BCUT2D eigenvalue weighted by molar-refractivity contribution is 6.02. The molecule has 2 N–H and O–H groups in total. The molecule has 7 heterocycles. The highest BCUT2D eigenvalue weighted by atomic mass is 15.3. The molecule has 6 aromatic heterocycles. The molecule has 1 aliphatic rings. The number of allylic oxidation sites excluding steroid dienone is 4. The smallest absolute Gasteiger partial charge is 0.242 e. The van der Waals surface area contributed by atoms with Crippen molar-refractivity contribution in [3.63, 3.8) is 0 Å². The first kappa shape index (κ1) is 25.0. The van der Waals surface area contributed by atoms with Crippen molar-refractivity contribution in [2.24, 2.45) is 10.7 Å². The maximum absolute atomic E-state index is 6.41. The quantitative estimate of drug-likeness (QED) is 0.305. The van der Waals surface area contributed by atoms with Gasteiger partial charge in [-0.1, -0.05) is 24.3 Å². The normalized spacial score (nSPS) is 13.2. The lowest BCUT2D eigenvalue weighted by Crippen LogP contribution is -2.16. The van der Waals surface area contributed by atoms with E-state index in [0.717, 1.165) is 22.2 Å². The van der Waals surface area contributed by atoms with Crippen molar-refractivity contribution in [2.45, 2.75) is 13.3 Å². The summed E-state index contributed by atoms with van der Waals surface area (Å²) in [6, 6.07) is 7.60. The summed E-state index contributed by atoms with van der Waals surface area (Å²) < 4.78 is 5.56. The predicted molar refractivity (Wildman–Crippen MR) is 159 cm³/mol. The Labute approximate surface area is 240 Å². The molecular weight excluding hydrogens is 528 g/mol. The predicted octanol–water partition coefficient (Wildman–Crippen LogP) is 4.01. The molecule has 0 aromatic carbocycles. The maximum Gasteiger partial charge on any atom is 0.242 e. The lowest BCUT2D eigenvalue weighted by molar-refractivity contribution is 0.791. The molecule has 7 rings (SSSR count). The third-order valence-corrected chi connectivity index (χ3v) is 6.75. The summed E-state index contributed by atoms with van der Waals surface area (Å²) in [4.78, 5) is 37.2. The number of aliphatic imine (C=N–C) groups is 1. The van der Waals surface area contributed by atoms with Crippen molar-refractivity contribution < 1.29 is 0 Å². The van der Waals surface area contributed by atoms with E-state index in [1.807, 2.05) is 66.4 Å². The van der Waals surface area contributed by atoms with Crippen LogP contribution >= 0.6 is 0 Å². The van der Waals surface area contributed by atoms with Gasteiger partial charge in [0.25, 0.3) is 0 Å². The lowest BCUT2D eigenvalue weighted by Gasteiger charge is -2.14. The lowest BCUT2D eigenvalue weighted by atomic mass is 10.1. The molecule has 0 fully saturated rings. The Kier molecular flexibility index (Phi) is 6.24. The molecular formula is C30H24N12. The number of nitrogens with zero attached hydrogens (tertiary/aromatic N) is 11. The second kappa shape index (κ2) is 10.5. The fourth-order valence-electron chi connectivity index (χ4n) is 4.89. The number of pyridine rings is 2. The Balaban J connectivity index is 1.51. The molecule has 0 unspecified atom stereocenters. The molecule has 12 heteroatoms. The summed E-state index contributed by atoms with van der Waals surface area (Å²) in [6.45, 7) is 1.92. The van der Waals surface area contributed by atoms with Crippen molar-refractivity contribution >= 4 is 22.8 Å². The van der Waals surface area contributed by atoms with Crippen LogP contribution in [-0.2, 0) is 6.42 Å². The van der Waals surface area contributed by atoms with Gasteiger partial charge in [-0.25, -0.2) is 9.97 Å². The van der Waals surface area contributed by atoms with E-state index in [1.165, 1.54) is 0 Å². The minimum atomic E-state index is 0.336. The Bertz CT molecular complexity index is 2040. The monoisotopic (exact) mass is 552 g/mol. The Morgan fingerprint density at radius 3 is 2.60 bits per heavy atom. The number of imidazole rings is 2. The van der Waals surface area contributed by atoms with Gasteiger partial charge in [0, 0.05) is 78.9 Å². The van der Waals surface area contributed by atoms with Crippen molar-refractivity contribution in [2.75, 3.05) is 0 Å². The van der Waals surface area contributed by atoms with Gasteiger partial charge >= 0.3 is 0 Å². The highest BCUT2D eigenvalue weighted by Gasteiger charge is 2.23. The molecule has 0 atom stereocenters. The zero-order valence-electron chi connectivity index (χ0n) is 22.5. The Morgan fingerprint density at radius 1 is 0.905 bits per heavy atom. The van der Waals surface area contributed by atoms with Gasteiger partial charge in [0.1, 0.15) is 5.69 Å². The molecule has 0 bridgehead atoms. The van der Waals surface area contributed by atoms with Crippen LogP contribution in [0.15, 0.2) is 103 Å². The van der Waals surface area contributed by atoms with Crippen LogP contribution in [0.1, 0.15) is 24.0 Å². The van der Waals surface area contributed by atoms with E-state index in [-0.39, 0.29) is 0 Å². The van der Waals surface area contributed by atoms with Crippen LogP contribution in [0.25, 0.3) is 46.0 Å². The number of hydrogen-bond acceptors (Lipinski definition) is 9. The molecule has 0 amide bonds. The van der Waals surface area contributed by atoms with Crippen LogP contribution < -0.4 is 5.73 Å². The summed E-state index contributed by atoms with van der Waals surface area (Å²) in [7, 11) is 0. The minimum Gasteiger partial charge on any atom is -0.396 e. The molecule has 0 saturated heterocycles. The standard InChI is InChI=1S/C30H24N12/c1-2-3-7-22(31)26-35-14-16-40(26)28-37-29(41-17-15-36-27(41)23-8-4-5-12-34-23)39-30(38-28)42-24-9-6-11-32-18-20(24)21-19-33-13-10-25(21)42/h2-8,10-19H,9,31H2,1H3/b3-2-,22-7-. The number of fused-ring (bicyclic) bond motifs is 3. The third-order valence-electron chi connectivity index (χ3n) is 6.75. The molecule has 42 heavy (non-hydrogen) atoms. The zero-order valence-corrected chi connectivity index (χ0v) is 22.5. The summed E-state index contributed by atoms with van der Waals surface area (Å²) in [6.07, 6.45) is 24.0. The molecule has 6 aromatic rings. The van der Waals surface area contributed by atoms with E-state index in [0.29, 0.717) is 47.3 Å². The summed E-state index contributed by atoms with van der Waals surface area (Å²) in [5.41, 5.74) is 10.4. The van der Waals surface area contributed by atoms with Crippen LogP contribution in [0.2, 0.25) is 0 Å². The SMILES string of the molecule is C/C=C\C=C(/N)c1nccn1-c1nc(-n2ccnc2-c2ccccn2)nc(-n2c3c(c4cnccc42)C=NC=CC3)n1. The molecule has 0 saturated carbocycles. The van der Waals surface area contributed by atoms with E-state index in [9.17, 15) is 0 Å². The molecule has 0 spiro atoms. The first-order valence-corrected chi connectivity index (χ1v) is 13.2. The van der Waals surface area contributed by atoms with E-state index in [1.54, 1.807) is 58.6 Å². The van der Waals surface area contributed by atoms with Gasteiger partial charge in [-0.05, 0) is 31.2 Å². The fraction of sp³-hybridized carbons (Fsp3) is 0.0667. The molecule has 0 aliphatic carbocycles. The van der Waals surface area contributed by atoms with Crippen LogP contribution in [0.5, 0.6) is 0 Å². The van der Waals surface area contributed by atoms with E-state index >= 15 is 0 Å². The molecule has 0 radical (unpaired) electrons. The number of rotatable bonds is 6. The number of nitrogens with two attached hydrogens (primary N) is 1. The summed E-state index contributed by atoms with van der Waals surface area (Å²) >= 11 is 0. The third kappa shape index (κ3) is 4.27. The summed E-state index contributed by atoms with van der Waals surface area (Å²) in [5.74, 6) is 2.19. The largest absolute Gasteiger partial charge is 0.396 e. The first-order valence-electron chi connectivity index (χ1n) is 13.2. The topological polar surface area (TPSA) is 143 Å². The zero-order chi connectivity index (χ0) is 28.5. The van der Waals surface area contributed by atoms with E-state index < -0.39 is 0 Å². The van der Waals surface area contributed by atoms with Crippen molar-refractivity contribution in [3.8, 4) is 29.4 Å². The molecule has 12 nitrogen and oxygen atoms in total. The van der Waals surface area contributed by atoms with Gasteiger partial charge in [-0.2, -0.15) is 15.0 Å². The maximum atomic E-state index is 6.41. The van der Waals surface area contributed by atoms with E-state index in [4.69, 9.17) is 20.7 Å².